The number of phenols is 13. The first kappa shape index (κ1) is 42.9. The number of rotatable bonds is 0. The Morgan fingerprint density at radius 1 is 0.448 bits per heavy atom. The molecule has 3 aliphatic heterocycles. The van der Waals surface area contributed by atoms with Gasteiger partial charge >= 0.3 is 29.5 Å². The zero-order chi connectivity index (χ0) is 48.4. The summed E-state index contributed by atoms with van der Waals surface area (Å²) in [5, 5.41) is 149. The molecule has 0 amide bonds. The van der Waals surface area contributed by atoms with E-state index in [1.54, 1.807) is 0 Å². The van der Waals surface area contributed by atoms with Crippen LogP contribution in [0.15, 0.2) is 39.5 Å². The van der Waals surface area contributed by atoms with Crippen molar-refractivity contribution in [2.24, 2.45) is 0 Å². The molecule has 0 saturated carbocycles. The van der Waals surface area contributed by atoms with E-state index in [4.69, 9.17) is 32.8 Å². The Morgan fingerprint density at radius 3 is 1.54 bits per heavy atom. The van der Waals surface area contributed by atoms with Gasteiger partial charge in [-0.05, 0) is 24.3 Å². The smallest absolute Gasteiger partial charge is 0.344 e. The minimum Gasteiger partial charge on any atom is -0.504 e. The zero-order valence-electron chi connectivity index (χ0n) is 32.6. The molecule has 6 aromatic rings. The van der Waals surface area contributed by atoms with E-state index in [1.165, 1.54) is 0 Å². The number of hydrogen-bond acceptors (Lipinski definition) is 26. The number of ether oxygens (including phenoxy) is 6. The van der Waals surface area contributed by atoms with Crippen molar-refractivity contribution in [1.82, 2.24) is 0 Å². The molecule has 14 N–H and O–H groups in total. The number of fused-ring (bicyclic) bond motifs is 8. The molecule has 2 bridgehead atoms. The summed E-state index contributed by atoms with van der Waals surface area (Å²) in [5.41, 5.74) is -8.65. The summed E-state index contributed by atoms with van der Waals surface area (Å²) in [6.07, 6.45) is -11.9. The van der Waals surface area contributed by atoms with E-state index < -0.39 is 208 Å². The lowest BCUT2D eigenvalue weighted by atomic mass is 9.91. The maximum atomic E-state index is 14.6. The Morgan fingerprint density at radius 2 is 0.940 bits per heavy atom. The van der Waals surface area contributed by atoms with Gasteiger partial charge < -0.3 is 104 Å². The molecular weight excluding hydrogens is 908 g/mol. The van der Waals surface area contributed by atoms with Gasteiger partial charge in [-0.3, -0.25) is 0 Å². The molecule has 26 nitrogen and oxygen atoms in total. The van der Waals surface area contributed by atoms with Crippen LogP contribution < -0.4 is 10.4 Å². The van der Waals surface area contributed by atoms with Crippen molar-refractivity contribution in [2.75, 3.05) is 6.61 Å². The monoisotopic (exact) mass is 934 g/mol. The summed E-state index contributed by atoms with van der Waals surface area (Å²) >= 11 is 0. The maximum Gasteiger partial charge on any atom is 0.344 e. The van der Waals surface area contributed by atoms with Crippen LogP contribution in [-0.2, 0) is 23.7 Å². The van der Waals surface area contributed by atoms with Crippen LogP contribution >= 0.6 is 0 Å². The van der Waals surface area contributed by atoms with Crippen molar-refractivity contribution in [2.45, 2.75) is 30.7 Å². The quantitative estimate of drug-likeness (QED) is 0.0339. The summed E-state index contributed by atoms with van der Waals surface area (Å²) in [5.74, 6) is -26.0. The molecule has 3 aliphatic rings. The molecule has 346 valence electrons. The van der Waals surface area contributed by atoms with Gasteiger partial charge in [0.1, 0.15) is 18.3 Å². The third-order valence-corrected chi connectivity index (χ3v) is 10.9. The predicted octanol–water partition coefficient (Wildman–Crippen LogP) is 1.76. The summed E-state index contributed by atoms with van der Waals surface area (Å²) in [6, 6.07) is 2.43. The third-order valence-electron chi connectivity index (χ3n) is 10.9. The number of cyclic esters (lactones) is 1. The molecule has 0 unspecified atom stereocenters. The second-order valence-corrected chi connectivity index (χ2v) is 14.8. The number of carbonyl (C=O) groups excluding carboxylic acids is 4. The van der Waals surface area contributed by atoms with E-state index in [0.29, 0.717) is 30.3 Å². The van der Waals surface area contributed by atoms with E-state index >= 15 is 0 Å². The predicted molar refractivity (Wildman–Crippen MR) is 209 cm³/mol. The van der Waals surface area contributed by atoms with Gasteiger partial charge in [-0.1, -0.05) is 0 Å². The Labute approximate surface area is 366 Å². The Bertz CT molecular complexity index is 3320. The summed E-state index contributed by atoms with van der Waals surface area (Å²) in [6.45, 7) is -1.26. The standard InChI is InChI=1S/C41H26O26/c42-12-1-7-18(26(51)22(12)47)19-8(2-13(43)23(48)27(19)52)39(58)67-35-34(66-38(7)57)32-17(62-41(35)60)6-61-36(55)11-5-14(44)24(49)29(54)30(11)63-31-16(46)4-9-20(28(31)53)21-10(40(59)64-32)3-15(45)25(50)33(21)65-37(9)56/h1-5,17,32,34-35,41-54,60H,6H2/t17-,32-,34+,35-,41-/m1/s1. The van der Waals surface area contributed by atoms with Crippen LogP contribution in [0.3, 0.4) is 0 Å². The van der Waals surface area contributed by atoms with Crippen molar-refractivity contribution in [3.05, 3.63) is 63.0 Å². The first-order valence-corrected chi connectivity index (χ1v) is 18.7. The van der Waals surface area contributed by atoms with E-state index in [-0.39, 0.29) is 0 Å². The SMILES string of the molecule is O=C1OC[C@H]2O[C@@H](O)[C@@H]3OC(=O)c4cc(O)c(O)c(O)c4-c4c(cc(O)c(O)c4O)C(=O)O[C@H]3[C@@H]2OC(=O)c2cc(O)c(O)c3oc(=O)c4cc(O)c(c(O)c4c23)Oc2c1cc(O)c(O)c2O. The number of hydrogen-bond donors (Lipinski definition) is 14. The van der Waals surface area contributed by atoms with Crippen LogP contribution in [0.1, 0.15) is 41.4 Å². The lowest BCUT2D eigenvalue weighted by Crippen LogP contribution is -2.62. The van der Waals surface area contributed by atoms with Crippen molar-refractivity contribution >= 4 is 45.6 Å². The van der Waals surface area contributed by atoms with E-state index in [1.807, 2.05) is 0 Å². The van der Waals surface area contributed by atoms with Crippen LogP contribution in [0.2, 0.25) is 0 Å². The van der Waals surface area contributed by atoms with E-state index in [0.717, 1.165) is 0 Å². The number of aliphatic hydroxyl groups is 1. The van der Waals surface area contributed by atoms with Crippen LogP contribution in [0.4, 0.5) is 0 Å². The normalized spacial score (nSPS) is 20.4. The molecule has 4 heterocycles. The molecule has 5 atom stereocenters. The van der Waals surface area contributed by atoms with Crippen molar-refractivity contribution in [1.29, 1.82) is 0 Å². The topological polar surface area (TPSA) is 437 Å². The summed E-state index contributed by atoms with van der Waals surface area (Å²) in [7, 11) is 0. The first-order chi connectivity index (χ1) is 31.6. The van der Waals surface area contributed by atoms with Gasteiger partial charge in [0.05, 0.1) is 22.1 Å². The number of aromatic hydroxyl groups is 13. The van der Waals surface area contributed by atoms with Crippen molar-refractivity contribution in [3.8, 4) is 97.4 Å². The van der Waals surface area contributed by atoms with Gasteiger partial charge in [0, 0.05) is 28.0 Å². The molecular formula is C41H26O26. The molecule has 26 heteroatoms. The Balaban J connectivity index is 1.30. The highest BCUT2D eigenvalue weighted by Gasteiger charge is 2.54. The molecule has 0 aliphatic carbocycles. The van der Waals surface area contributed by atoms with Crippen LogP contribution in [0, 0.1) is 0 Å². The number of aliphatic hydroxyl groups excluding tert-OH is 1. The van der Waals surface area contributed by atoms with Crippen LogP contribution in [0.5, 0.6) is 86.2 Å². The number of benzene rings is 5. The molecule has 67 heavy (non-hydrogen) atoms. The molecule has 5 aromatic carbocycles. The average Bonchev–Trinajstić information content (AvgIpc) is 3.28. The third kappa shape index (κ3) is 6.30. The van der Waals surface area contributed by atoms with E-state index in [2.05, 4.69) is 0 Å². The summed E-state index contributed by atoms with van der Waals surface area (Å²) in [4.78, 5) is 70.0. The van der Waals surface area contributed by atoms with Gasteiger partial charge in [0.25, 0.3) is 0 Å². The molecule has 1 aromatic heterocycles. The number of phenolic OH excluding ortho intramolecular Hbond substituents is 13. The van der Waals surface area contributed by atoms with Crippen molar-refractivity contribution < 1.29 is 124 Å². The number of carbonyl (C=O) groups is 4. The lowest BCUT2D eigenvalue weighted by molar-refractivity contribution is -0.284. The second-order valence-electron chi connectivity index (χ2n) is 14.8. The fourth-order valence-corrected chi connectivity index (χ4v) is 7.77. The highest BCUT2D eigenvalue weighted by Crippen LogP contribution is 2.55. The highest BCUT2D eigenvalue weighted by molar-refractivity contribution is 6.19. The lowest BCUT2D eigenvalue weighted by Gasteiger charge is -2.43. The van der Waals surface area contributed by atoms with Gasteiger partial charge in [-0.2, -0.15) is 0 Å². The number of esters is 4. The van der Waals surface area contributed by atoms with Gasteiger partial charge in [0.15, 0.2) is 81.9 Å². The van der Waals surface area contributed by atoms with Crippen LogP contribution in [-0.4, -0.2) is 133 Å². The van der Waals surface area contributed by atoms with Gasteiger partial charge in [0.2, 0.25) is 34.5 Å². The van der Waals surface area contributed by atoms with Crippen molar-refractivity contribution in [3.63, 3.8) is 0 Å². The average molecular weight is 935 g/mol. The first-order valence-electron chi connectivity index (χ1n) is 18.7. The molecule has 0 radical (unpaired) electrons. The minimum atomic E-state index is -2.54. The van der Waals surface area contributed by atoms with Gasteiger partial charge in [-0.15, -0.1) is 0 Å². The van der Waals surface area contributed by atoms with Gasteiger partial charge in [-0.25, -0.2) is 24.0 Å². The van der Waals surface area contributed by atoms with E-state index in [9.17, 15) is 95.5 Å². The Hall–Kier alpha value is -9.43. The minimum absolute atomic E-state index is 0.435. The largest absolute Gasteiger partial charge is 0.504 e. The molecule has 1 fully saturated rings. The zero-order valence-corrected chi connectivity index (χ0v) is 32.6. The maximum absolute atomic E-state index is 14.6. The fourth-order valence-electron chi connectivity index (χ4n) is 7.77. The highest BCUT2D eigenvalue weighted by atomic mass is 16.7. The molecule has 1 saturated heterocycles. The molecule has 9 rings (SSSR count). The second kappa shape index (κ2) is 14.8. The Kier molecular flexibility index (Phi) is 9.48. The van der Waals surface area contributed by atoms with Crippen LogP contribution in [0.25, 0.3) is 32.9 Å². The molecule has 0 spiro atoms. The fraction of sp³-hybridized carbons (Fsp3) is 0.146. The summed E-state index contributed by atoms with van der Waals surface area (Å²) < 4.78 is 38.4.